The van der Waals surface area contributed by atoms with E-state index in [1.165, 1.54) is 36.8 Å². The molecule has 0 bridgehead atoms. The average molecular weight is 347 g/mol. The molecule has 0 radical (unpaired) electrons. The van der Waals surface area contributed by atoms with Crippen LogP contribution in [-0.2, 0) is 0 Å². The third-order valence-electron chi connectivity index (χ3n) is 3.82. The summed E-state index contributed by atoms with van der Waals surface area (Å²) in [7, 11) is 0. The van der Waals surface area contributed by atoms with Gasteiger partial charge in [0.2, 0.25) is 0 Å². The largest absolute Gasteiger partial charge is 0.383 e. The minimum atomic E-state index is 0.681. The maximum atomic E-state index is 5.70. The van der Waals surface area contributed by atoms with Gasteiger partial charge < -0.3 is 11.5 Å². The van der Waals surface area contributed by atoms with E-state index in [2.05, 4.69) is 38.0 Å². The first-order chi connectivity index (χ1) is 10.1. The molecule has 4 nitrogen and oxygen atoms in total. The molecule has 0 spiro atoms. The molecular weight excluding hydrogens is 328 g/mol. The fraction of sp³-hybridized carbons (Fsp3) is 0.375. The van der Waals surface area contributed by atoms with E-state index in [1.54, 1.807) is 12.4 Å². The summed E-state index contributed by atoms with van der Waals surface area (Å²) < 4.78 is 1.02. The second-order valence-corrected chi connectivity index (χ2v) is 6.57. The second kappa shape index (κ2) is 6.02. The number of nitrogens with zero attached hydrogens (tertiary/aromatic N) is 2. The van der Waals surface area contributed by atoms with Gasteiger partial charge in [-0.2, -0.15) is 0 Å². The summed E-state index contributed by atoms with van der Waals surface area (Å²) in [5.41, 5.74) is 13.8. The average Bonchev–Trinajstić information content (AvgIpc) is 3.36. The van der Waals surface area contributed by atoms with Crippen LogP contribution in [0.1, 0.15) is 48.6 Å². The molecule has 5 heteroatoms. The molecule has 0 aromatic carbocycles. The fourth-order valence-electron chi connectivity index (χ4n) is 2.36. The Morgan fingerprint density at radius 2 is 1.57 bits per heavy atom. The van der Waals surface area contributed by atoms with E-state index < -0.39 is 0 Å². The van der Waals surface area contributed by atoms with Crippen molar-refractivity contribution in [2.45, 2.75) is 37.5 Å². The maximum absolute atomic E-state index is 5.70. The Bertz CT molecular complexity index is 636. The lowest BCUT2D eigenvalue weighted by Gasteiger charge is -2.01. The molecule has 2 aromatic heterocycles. The monoisotopic (exact) mass is 346 g/mol. The zero-order chi connectivity index (χ0) is 14.8. The summed E-state index contributed by atoms with van der Waals surface area (Å²) in [5.74, 6) is 2.80. The summed E-state index contributed by atoms with van der Waals surface area (Å²) in [6, 6.07) is 6.09. The molecule has 2 aromatic rings. The smallest absolute Gasteiger partial charge is 0.126 e. The van der Waals surface area contributed by atoms with Crippen molar-refractivity contribution in [3.8, 4) is 0 Å². The number of hydrogen-bond acceptors (Lipinski definition) is 4. The lowest BCUT2D eigenvalue weighted by Crippen LogP contribution is -1.95. The van der Waals surface area contributed by atoms with Crippen LogP contribution in [0, 0.1) is 0 Å². The van der Waals surface area contributed by atoms with Crippen molar-refractivity contribution in [1.82, 2.24) is 9.97 Å². The molecular formula is C16H19BrN4. The highest BCUT2D eigenvalue weighted by atomic mass is 79.9. The predicted molar refractivity (Wildman–Crippen MR) is 88.9 cm³/mol. The van der Waals surface area contributed by atoms with E-state index in [9.17, 15) is 0 Å². The first-order valence-electron chi connectivity index (χ1n) is 7.26. The van der Waals surface area contributed by atoms with Crippen LogP contribution in [0.4, 0.5) is 11.6 Å². The molecule has 4 N–H and O–H groups in total. The number of halogens is 1. The Kier molecular flexibility index (Phi) is 4.10. The standard InChI is InChI=1S/C8H9BrN2.C8H10N2/c9-6-3-7(5-1-2-5)8(10)11-4-6;9-8-7(6-3-4-6)2-1-5-10-8/h3-5H,1-2H2,(H2,10,11);1-2,5-6H,3-4H2,(H2,9,10). The maximum Gasteiger partial charge on any atom is 0.126 e. The van der Waals surface area contributed by atoms with Crippen molar-refractivity contribution in [3.63, 3.8) is 0 Å². The van der Waals surface area contributed by atoms with Gasteiger partial charge in [-0.3, -0.25) is 0 Å². The van der Waals surface area contributed by atoms with Crippen LogP contribution in [0.2, 0.25) is 0 Å². The topological polar surface area (TPSA) is 77.8 Å². The van der Waals surface area contributed by atoms with Crippen molar-refractivity contribution in [2.75, 3.05) is 11.5 Å². The summed E-state index contributed by atoms with van der Waals surface area (Å²) in [5, 5.41) is 0. The second-order valence-electron chi connectivity index (χ2n) is 5.65. The highest BCUT2D eigenvalue weighted by Gasteiger charge is 2.26. The van der Waals surface area contributed by atoms with E-state index in [4.69, 9.17) is 11.5 Å². The van der Waals surface area contributed by atoms with E-state index in [0.29, 0.717) is 23.5 Å². The molecule has 0 saturated heterocycles. The molecule has 0 unspecified atom stereocenters. The number of aromatic nitrogens is 2. The molecule has 0 atom stereocenters. The molecule has 0 amide bonds. The third-order valence-corrected chi connectivity index (χ3v) is 4.26. The molecule has 2 aliphatic carbocycles. The van der Waals surface area contributed by atoms with Gasteiger partial charge in [-0.15, -0.1) is 0 Å². The van der Waals surface area contributed by atoms with Gasteiger partial charge in [0.25, 0.3) is 0 Å². The van der Waals surface area contributed by atoms with Gasteiger partial charge in [0.15, 0.2) is 0 Å². The van der Waals surface area contributed by atoms with Crippen LogP contribution in [0.25, 0.3) is 0 Å². The van der Waals surface area contributed by atoms with Crippen molar-refractivity contribution in [3.05, 3.63) is 46.2 Å². The normalized spacial score (nSPS) is 17.0. The Balaban J connectivity index is 0.000000126. The highest BCUT2D eigenvalue weighted by Crippen LogP contribution is 2.43. The zero-order valence-corrected chi connectivity index (χ0v) is 13.4. The summed E-state index contributed by atoms with van der Waals surface area (Å²) in [4.78, 5) is 8.09. The first-order valence-corrected chi connectivity index (χ1v) is 8.05. The number of hydrogen-bond donors (Lipinski definition) is 2. The van der Waals surface area contributed by atoms with E-state index in [0.717, 1.165) is 4.47 Å². The number of anilines is 2. The van der Waals surface area contributed by atoms with Gasteiger partial charge >= 0.3 is 0 Å². The van der Waals surface area contributed by atoms with Gasteiger partial charge in [-0.25, -0.2) is 9.97 Å². The molecule has 4 rings (SSSR count). The number of nitrogen functional groups attached to an aromatic ring is 2. The quantitative estimate of drug-likeness (QED) is 0.865. The van der Waals surface area contributed by atoms with Crippen molar-refractivity contribution >= 4 is 27.6 Å². The molecule has 2 saturated carbocycles. The van der Waals surface area contributed by atoms with Gasteiger partial charge in [0.1, 0.15) is 11.6 Å². The summed E-state index contributed by atoms with van der Waals surface area (Å²) in [6.45, 7) is 0. The Hall–Kier alpha value is -1.62. The van der Waals surface area contributed by atoms with Gasteiger partial charge in [-0.05, 0) is 76.7 Å². The van der Waals surface area contributed by atoms with E-state index in [1.807, 2.05) is 6.07 Å². The van der Waals surface area contributed by atoms with E-state index in [-0.39, 0.29) is 0 Å². The van der Waals surface area contributed by atoms with Crippen LogP contribution >= 0.6 is 15.9 Å². The molecule has 2 heterocycles. The molecule has 110 valence electrons. The lowest BCUT2D eigenvalue weighted by molar-refractivity contribution is 1.10. The Morgan fingerprint density at radius 3 is 2.19 bits per heavy atom. The van der Waals surface area contributed by atoms with Crippen LogP contribution in [0.3, 0.4) is 0 Å². The highest BCUT2D eigenvalue weighted by molar-refractivity contribution is 9.10. The van der Waals surface area contributed by atoms with Crippen molar-refractivity contribution < 1.29 is 0 Å². The van der Waals surface area contributed by atoms with Crippen LogP contribution in [-0.4, -0.2) is 9.97 Å². The Morgan fingerprint density at radius 1 is 0.952 bits per heavy atom. The number of nitrogens with two attached hydrogens (primary N) is 2. The zero-order valence-electron chi connectivity index (χ0n) is 11.8. The van der Waals surface area contributed by atoms with Crippen LogP contribution in [0.5, 0.6) is 0 Å². The minimum absolute atomic E-state index is 0.681. The minimum Gasteiger partial charge on any atom is -0.383 e. The lowest BCUT2D eigenvalue weighted by atomic mass is 10.2. The Labute approximate surface area is 133 Å². The number of rotatable bonds is 2. The molecule has 2 fully saturated rings. The van der Waals surface area contributed by atoms with Gasteiger partial charge in [-0.1, -0.05) is 6.07 Å². The number of pyridine rings is 2. The van der Waals surface area contributed by atoms with Crippen LogP contribution < -0.4 is 11.5 Å². The first kappa shape index (κ1) is 14.3. The van der Waals surface area contributed by atoms with Crippen molar-refractivity contribution in [1.29, 1.82) is 0 Å². The van der Waals surface area contributed by atoms with Crippen LogP contribution in [0.15, 0.2) is 35.1 Å². The molecule has 21 heavy (non-hydrogen) atoms. The SMILES string of the molecule is Nc1ncc(Br)cc1C1CC1.Nc1ncccc1C1CC1. The van der Waals surface area contributed by atoms with E-state index >= 15 is 0 Å². The summed E-state index contributed by atoms with van der Waals surface area (Å²) in [6.07, 6.45) is 8.58. The van der Waals surface area contributed by atoms with Gasteiger partial charge in [0.05, 0.1) is 0 Å². The molecule has 2 aliphatic rings. The van der Waals surface area contributed by atoms with Gasteiger partial charge in [0, 0.05) is 16.9 Å². The molecule has 0 aliphatic heterocycles. The third kappa shape index (κ3) is 3.73. The van der Waals surface area contributed by atoms with Crippen molar-refractivity contribution in [2.24, 2.45) is 0 Å². The summed E-state index contributed by atoms with van der Waals surface area (Å²) >= 11 is 3.37. The fourth-order valence-corrected chi connectivity index (χ4v) is 2.71. The predicted octanol–water partition coefficient (Wildman–Crippen LogP) is 3.84.